The van der Waals surface area contributed by atoms with Gasteiger partial charge in [-0.2, -0.15) is 5.10 Å². The molecule has 1 aromatic carbocycles. The number of benzene rings is 1. The fourth-order valence-electron chi connectivity index (χ4n) is 1.37. The monoisotopic (exact) mass is 253 g/mol. The van der Waals surface area contributed by atoms with Crippen LogP contribution < -0.4 is 14.9 Å². The van der Waals surface area contributed by atoms with E-state index in [9.17, 15) is 14.9 Å². The molecule has 1 aliphatic rings. The molecule has 0 fully saturated rings. The third kappa shape index (κ3) is 2.29. The predicted octanol–water partition coefficient (Wildman–Crippen LogP) is 0.925. The fourth-order valence-corrected chi connectivity index (χ4v) is 1.37. The molecule has 9 heteroatoms. The number of rotatable bonds is 3. The minimum atomic E-state index is -1.37. The summed E-state index contributed by atoms with van der Waals surface area (Å²) in [5, 5.41) is 22.5. The van der Waals surface area contributed by atoms with Crippen LogP contribution in [0.3, 0.4) is 0 Å². The molecule has 1 amide bonds. The first kappa shape index (κ1) is 11.6. The summed E-state index contributed by atoms with van der Waals surface area (Å²) >= 11 is 0. The first-order valence-corrected chi connectivity index (χ1v) is 4.68. The van der Waals surface area contributed by atoms with Crippen molar-refractivity contribution in [1.29, 1.82) is 0 Å². The molecule has 2 rings (SSSR count). The Hall–Kier alpha value is -2.84. The molecule has 0 saturated carbocycles. The van der Waals surface area contributed by atoms with E-state index in [2.05, 4.69) is 5.10 Å². The summed E-state index contributed by atoms with van der Waals surface area (Å²) in [6.07, 6.45) is -0.344. The number of amides is 1. The lowest BCUT2D eigenvalue weighted by Crippen LogP contribution is -2.13. The number of carboxylic acid groups (broad SMARTS) is 1. The van der Waals surface area contributed by atoms with Crippen LogP contribution in [0.15, 0.2) is 17.2 Å². The quantitative estimate of drug-likeness (QED) is 0.469. The highest BCUT2D eigenvalue weighted by molar-refractivity contribution is 5.87. The van der Waals surface area contributed by atoms with E-state index >= 15 is 0 Å². The molecule has 18 heavy (non-hydrogen) atoms. The zero-order valence-corrected chi connectivity index (χ0v) is 8.82. The van der Waals surface area contributed by atoms with Crippen molar-refractivity contribution in [2.45, 2.75) is 0 Å². The second-order valence-corrected chi connectivity index (χ2v) is 3.20. The minimum absolute atomic E-state index is 0.0134. The zero-order valence-electron chi connectivity index (χ0n) is 8.82. The summed E-state index contributed by atoms with van der Waals surface area (Å²) < 4.78 is 10.1. The summed E-state index contributed by atoms with van der Waals surface area (Å²) in [4.78, 5) is 20.4. The second-order valence-electron chi connectivity index (χ2n) is 3.20. The topological polar surface area (TPSA) is 123 Å². The summed E-state index contributed by atoms with van der Waals surface area (Å²) in [5.74, 6) is 0.613. The van der Waals surface area contributed by atoms with Crippen LogP contribution in [0.5, 0.6) is 11.5 Å². The van der Waals surface area contributed by atoms with Gasteiger partial charge in [-0.3, -0.25) is 10.1 Å². The van der Waals surface area contributed by atoms with Crippen LogP contribution in [0.25, 0.3) is 0 Å². The lowest BCUT2D eigenvalue weighted by atomic mass is 10.1. The standard InChI is InChI=1S/C9H7N3O6/c13-9(14)11-10-3-5-1-7-8(18-4-17-7)2-6(5)12(15)16/h1-3,11H,4H2,(H,13,14). The number of hydrazone groups is 1. The smallest absolute Gasteiger partial charge is 0.425 e. The Morgan fingerprint density at radius 1 is 1.50 bits per heavy atom. The van der Waals surface area contributed by atoms with Crippen molar-refractivity contribution in [3.05, 3.63) is 27.8 Å². The Kier molecular flexibility index (Phi) is 2.96. The number of nitro benzene ring substituents is 1. The fraction of sp³-hybridized carbons (Fsp3) is 0.111. The van der Waals surface area contributed by atoms with Crippen LogP contribution in [0.1, 0.15) is 5.56 Å². The normalized spacial score (nSPS) is 12.7. The van der Waals surface area contributed by atoms with Crippen molar-refractivity contribution < 1.29 is 24.3 Å². The lowest BCUT2D eigenvalue weighted by Gasteiger charge is -2.00. The van der Waals surface area contributed by atoms with Crippen LogP contribution in [0.4, 0.5) is 10.5 Å². The Labute approximate surface area is 99.8 Å². The maximum atomic E-state index is 10.8. The van der Waals surface area contributed by atoms with Gasteiger partial charge in [-0.15, -0.1) is 0 Å². The van der Waals surface area contributed by atoms with Gasteiger partial charge in [0.05, 0.1) is 22.8 Å². The molecule has 0 saturated heterocycles. The summed E-state index contributed by atoms with van der Waals surface area (Å²) in [7, 11) is 0. The van der Waals surface area contributed by atoms with Gasteiger partial charge in [-0.05, 0) is 6.07 Å². The average molecular weight is 253 g/mol. The van der Waals surface area contributed by atoms with Gasteiger partial charge in [-0.1, -0.05) is 0 Å². The highest BCUT2D eigenvalue weighted by Gasteiger charge is 2.22. The van der Waals surface area contributed by atoms with E-state index in [0.29, 0.717) is 5.75 Å². The molecule has 0 bridgehead atoms. The summed E-state index contributed by atoms with van der Waals surface area (Å²) in [6.45, 7) is -0.0134. The van der Waals surface area contributed by atoms with Crippen LogP contribution in [-0.4, -0.2) is 29.1 Å². The van der Waals surface area contributed by atoms with Crippen molar-refractivity contribution in [3.63, 3.8) is 0 Å². The maximum absolute atomic E-state index is 10.8. The Morgan fingerprint density at radius 2 is 2.17 bits per heavy atom. The van der Waals surface area contributed by atoms with Gasteiger partial charge in [0, 0.05) is 0 Å². The van der Waals surface area contributed by atoms with Crippen LogP contribution in [-0.2, 0) is 0 Å². The summed E-state index contributed by atoms with van der Waals surface area (Å²) in [5.41, 5.74) is 1.57. The molecule has 0 radical (unpaired) electrons. The van der Waals surface area contributed by atoms with Gasteiger partial charge >= 0.3 is 6.09 Å². The molecular weight excluding hydrogens is 246 g/mol. The SMILES string of the molecule is O=C(O)NN=Cc1cc2c(cc1[N+](=O)[O-])OCO2. The van der Waals surface area contributed by atoms with Crippen LogP contribution >= 0.6 is 0 Å². The number of hydrogen-bond acceptors (Lipinski definition) is 6. The number of fused-ring (bicyclic) bond motifs is 1. The predicted molar refractivity (Wildman–Crippen MR) is 58.0 cm³/mol. The molecule has 0 aliphatic carbocycles. The van der Waals surface area contributed by atoms with E-state index in [4.69, 9.17) is 14.6 Å². The highest BCUT2D eigenvalue weighted by atomic mass is 16.7. The molecular formula is C9H7N3O6. The molecule has 0 aromatic heterocycles. The van der Waals surface area contributed by atoms with Crippen LogP contribution in [0.2, 0.25) is 0 Å². The third-order valence-corrected chi connectivity index (χ3v) is 2.08. The van der Waals surface area contributed by atoms with Gasteiger partial charge in [0.25, 0.3) is 5.69 Å². The minimum Gasteiger partial charge on any atom is -0.464 e. The number of ether oxygens (including phenoxy) is 2. The molecule has 2 N–H and O–H groups in total. The Balaban J connectivity index is 2.35. The second kappa shape index (κ2) is 4.57. The summed E-state index contributed by atoms with van der Waals surface area (Å²) in [6, 6.07) is 2.55. The molecule has 0 unspecified atom stereocenters. The number of nitrogens with one attached hydrogen (secondary N) is 1. The maximum Gasteiger partial charge on any atom is 0.425 e. The first-order valence-electron chi connectivity index (χ1n) is 4.68. The van der Waals surface area contributed by atoms with Gasteiger partial charge in [0.2, 0.25) is 6.79 Å². The highest BCUT2D eigenvalue weighted by Crippen LogP contribution is 2.37. The van der Waals surface area contributed by atoms with Crippen molar-refractivity contribution >= 4 is 18.0 Å². The molecule has 1 aromatic rings. The van der Waals surface area contributed by atoms with Gasteiger partial charge in [0.1, 0.15) is 0 Å². The number of carbonyl (C=O) groups is 1. The van der Waals surface area contributed by atoms with E-state index in [0.717, 1.165) is 6.21 Å². The molecule has 0 atom stereocenters. The van der Waals surface area contributed by atoms with Gasteiger partial charge in [0.15, 0.2) is 11.5 Å². The van der Waals surface area contributed by atoms with E-state index in [1.807, 2.05) is 0 Å². The van der Waals surface area contributed by atoms with E-state index < -0.39 is 11.0 Å². The third-order valence-electron chi connectivity index (χ3n) is 2.08. The molecule has 1 heterocycles. The first-order chi connectivity index (χ1) is 8.58. The Bertz CT molecular complexity index is 541. The van der Waals surface area contributed by atoms with E-state index in [1.165, 1.54) is 12.1 Å². The van der Waals surface area contributed by atoms with Crippen molar-refractivity contribution in [2.75, 3.05) is 6.79 Å². The lowest BCUT2D eigenvalue weighted by molar-refractivity contribution is -0.385. The zero-order chi connectivity index (χ0) is 13.1. The number of nitrogens with zero attached hydrogens (tertiary/aromatic N) is 2. The van der Waals surface area contributed by atoms with Crippen molar-refractivity contribution in [1.82, 2.24) is 5.43 Å². The number of hydrogen-bond donors (Lipinski definition) is 2. The molecule has 9 nitrogen and oxygen atoms in total. The van der Waals surface area contributed by atoms with Gasteiger partial charge < -0.3 is 14.6 Å². The Morgan fingerprint density at radius 3 is 2.78 bits per heavy atom. The van der Waals surface area contributed by atoms with Crippen molar-refractivity contribution in [3.8, 4) is 11.5 Å². The van der Waals surface area contributed by atoms with Crippen LogP contribution in [0, 0.1) is 10.1 Å². The van der Waals surface area contributed by atoms with E-state index in [1.54, 1.807) is 5.43 Å². The number of nitro groups is 1. The van der Waals surface area contributed by atoms with Crippen molar-refractivity contribution in [2.24, 2.45) is 5.10 Å². The largest absolute Gasteiger partial charge is 0.464 e. The average Bonchev–Trinajstić information content (AvgIpc) is 2.74. The van der Waals surface area contributed by atoms with Gasteiger partial charge in [-0.25, -0.2) is 10.2 Å². The van der Waals surface area contributed by atoms with E-state index in [-0.39, 0.29) is 23.8 Å². The molecule has 0 spiro atoms. The molecule has 94 valence electrons. The molecule has 1 aliphatic heterocycles.